The Morgan fingerprint density at radius 2 is 1.78 bits per heavy atom. The van der Waals surface area contributed by atoms with Gasteiger partial charge in [0.25, 0.3) is 0 Å². The van der Waals surface area contributed by atoms with Crippen LogP contribution in [0.1, 0.15) is 37.7 Å². The molecule has 1 aromatic rings. The SMILES string of the molecule is COCCNC1(c2ccccc2)CCCCC1.Cl. The number of nitrogens with one attached hydrogen (secondary N) is 1. The predicted molar refractivity (Wildman–Crippen MR) is 78.3 cm³/mol. The van der Waals surface area contributed by atoms with Crippen LogP contribution in [0.3, 0.4) is 0 Å². The summed E-state index contributed by atoms with van der Waals surface area (Å²) in [4.78, 5) is 0. The van der Waals surface area contributed by atoms with Crippen LogP contribution in [0.25, 0.3) is 0 Å². The molecule has 0 atom stereocenters. The molecule has 2 rings (SSSR count). The monoisotopic (exact) mass is 269 g/mol. The topological polar surface area (TPSA) is 21.3 Å². The number of benzene rings is 1. The van der Waals surface area contributed by atoms with E-state index in [0.29, 0.717) is 0 Å². The van der Waals surface area contributed by atoms with E-state index in [0.717, 1.165) is 13.2 Å². The molecule has 0 unspecified atom stereocenters. The van der Waals surface area contributed by atoms with Gasteiger partial charge in [0.15, 0.2) is 0 Å². The lowest BCUT2D eigenvalue weighted by Gasteiger charge is -2.39. The third-order valence-electron chi connectivity index (χ3n) is 3.80. The van der Waals surface area contributed by atoms with Crippen molar-refractivity contribution in [2.24, 2.45) is 0 Å². The lowest BCUT2D eigenvalue weighted by atomic mass is 9.76. The summed E-state index contributed by atoms with van der Waals surface area (Å²) in [5, 5.41) is 3.73. The lowest BCUT2D eigenvalue weighted by molar-refractivity contribution is 0.166. The fourth-order valence-electron chi connectivity index (χ4n) is 2.87. The number of ether oxygens (including phenoxy) is 1. The average molecular weight is 270 g/mol. The molecule has 1 aliphatic rings. The van der Waals surface area contributed by atoms with Crippen molar-refractivity contribution in [1.82, 2.24) is 5.32 Å². The molecule has 1 aromatic carbocycles. The van der Waals surface area contributed by atoms with Gasteiger partial charge in [-0.1, -0.05) is 49.6 Å². The first kappa shape index (κ1) is 15.5. The van der Waals surface area contributed by atoms with Crippen molar-refractivity contribution in [2.45, 2.75) is 37.6 Å². The van der Waals surface area contributed by atoms with Gasteiger partial charge in [-0.05, 0) is 18.4 Å². The van der Waals surface area contributed by atoms with Gasteiger partial charge in [0.05, 0.1) is 6.61 Å². The van der Waals surface area contributed by atoms with Crippen LogP contribution in [0, 0.1) is 0 Å². The van der Waals surface area contributed by atoms with Crippen LogP contribution < -0.4 is 5.32 Å². The van der Waals surface area contributed by atoms with E-state index >= 15 is 0 Å². The summed E-state index contributed by atoms with van der Waals surface area (Å²) in [6.45, 7) is 1.72. The summed E-state index contributed by atoms with van der Waals surface area (Å²) < 4.78 is 5.15. The van der Waals surface area contributed by atoms with Crippen molar-refractivity contribution in [3.63, 3.8) is 0 Å². The Morgan fingerprint density at radius 3 is 2.39 bits per heavy atom. The second-order valence-corrected chi connectivity index (χ2v) is 4.93. The number of hydrogen-bond donors (Lipinski definition) is 1. The molecule has 0 amide bonds. The number of halogens is 1. The van der Waals surface area contributed by atoms with Crippen LogP contribution in [0.2, 0.25) is 0 Å². The zero-order valence-electron chi connectivity index (χ0n) is 11.2. The molecule has 0 aliphatic heterocycles. The van der Waals surface area contributed by atoms with Gasteiger partial charge in [0.1, 0.15) is 0 Å². The highest BCUT2D eigenvalue weighted by atomic mass is 35.5. The molecule has 0 radical (unpaired) electrons. The van der Waals surface area contributed by atoms with Crippen molar-refractivity contribution >= 4 is 12.4 Å². The Morgan fingerprint density at radius 1 is 1.11 bits per heavy atom. The van der Waals surface area contributed by atoms with Crippen LogP contribution >= 0.6 is 12.4 Å². The van der Waals surface area contributed by atoms with Crippen molar-refractivity contribution in [1.29, 1.82) is 0 Å². The molecular weight excluding hydrogens is 246 g/mol. The third kappa shape index (κ3) is 3.71. The maximum Gasteiger partial charge on any atom is 0.0587 e. The average Bonchev–Trinajstić information content (AvgIpc) is 2.41. The molecule has 3 heteroatoms. The molecule has 0 saturated heterocycles. The Bertz CT molecular complexity index is 323. The smallest absolute Gasteiger partial charge is 0.0587 e. The molecule has 102 valence electrons. The molecule has 18 heavy (non-hydrogen) atoms. The first-order valence-electron chi connectivity index (χ1n) is 6.67. The summed E-state index contributed by atoms with van der Waals surface area (Å²) in [6, 6.07) is 10.9. The minimum absolute atomic E-state index is 0. The van der Waals surface area contributed by atoms with Crippen molar-refractivity contribution in [3.05, 3.63) is 35.9 Å². The summed E-state index contributed by atoms with van der Waals surface area (Å²) in [5.74, 6) is 0. The van der Waals surface area contributed by atoms with Gasteiger partial charge in [-0.15, -0.1) is 12.4 Å². The van der Waals surface area contributed by atoms with E-state index in [1.807, 2.05) is 0 Å². The van der Waals surface area contributed by atoms with E-state index in [1.165, 1.54) is 37.7 Å². The molecule has 0 bridgehead atoms. The maximum atomic E-state index is 5.15. The van der Waals surface area contributed by atoms with Gasteiger partial charge >= 0.3 is 0 Å². The first-order chi connectivity index (χ1) is 8.37. The Kier molecular flexibility index (Phi) is 6.69. The molecule has 2 nitrogen and oxygen atoms in total. The second kappa shape index (κ2) is 7.78. The summed E-state index contributed by atoms with van der Waals surface area (Å²) >= 11 is 0. The van der Waals surface area contributed by atoms with E-state index in [-0.39, 0.29) is 17.9 Å². The minimum atomic E-state index is 0. The molecular formula is C15H24ClNO. The number of rotatable bonds is 5. The molecule has 1 aliphatic carbocycles. The van der Waals surface area contributed by atoms with E-state index in [9.17, 15) is 0 Å². The summed E-state index contributed by atoms with van der Waals surface area (Å²) in [6.07, 6.45) is 6.53. The third-order valence-corrected chi connectivity index (χ3v) is 3.80. The maximum absolute atomic E-state index is 5.15. The van der Waals surface area contributed by atoms with Crippen molar-refractivity contribution < 1.29 is 4.74 Å². The van der Waals surface area contributed by atoms with Gasteiger partial charge in [-0.2, -0.15) is 0 Å². The predicted octanol–water partition coefficient (Wildman–Crippen LogP) is 3.50. The van der Waals surface area contributed by atoms with E-state index in [2.05, 4.69) is 35.6 Å². The van der Waals surface area contributed by atoms with Crippen LogP contribution in [0.15, 0.2) is 30.3 Å². The summed E-state index contributed by atoms with van der Waals surface area (Å²) in [5.41, 5.74) is 1.63. The van der Waals surface area contributed by atoms with Crippen LogP contribution in [0.4, 0.5) is 0 Å². The van der Waals surface area contributed by atoms with Crippen LogP contribution in [-0.2, 0) is 10.3 Å². The standard InChI is InChI=1S/C15H23NO.ClH/c1-17-13-12-16-15(10-6-3-7-11-15)14-8-4-2-5-9-14;/h2,4-5,8-9,16H,3,6-7,10-13H2,1H3;1H. The van der Waals surface area contributed by atoms with Gasteiger partial charge in [-0.25, -0.2) is 0 Å². The van der Waals surface area contributed by atoms with Crippen molar-refractivity contribution in [3.8, 4) is 0 Å². The fraction of sp³-hybridized carbons (Fsp3) is 0.600. The minimum Gasteiger partial charge on any atom is -0.383 e. The second-order valence-electron chi connectivity index (χ2n) is 4.93. The van der Waals surface area contributed by atoms with Crippen LogP contribution in [-0.4, -0.2) is 20.3 Å². The van der Waals surface area contributed by atoms with Gasteiger partial charge in [0.2, 0.25) is 0 Å². The molecule has 0 spiro atoms. The normalized spacial score (nSPS) is 18.1. The fourth-order valence-corrected chi connectivity index (χ4v) is 2.87. The quantitative estimate of drug-likeness (QED) is 0.826. The zero-order valence-corrected chi connectivity index (χ0v) is 12.0. The largest absolute Gasteiger partial charge is 0.383 e. The van der Waals surface area contributed by atoms with Gasteiger partial charge < -0.3 is 10.1 Å². The van der Waals surface area contributed by atoms with Gasteiger partial charge in [0, 0.05) is 19.2 Å². The number of hydrogen-bond acceptors (Lipinski definition) is 2. The molecule has 1 saturated carbocycles. The lowest BCUT2D eigenvalue weighted by Crippen LogP contribution is -2.45. The molecule has 1 N–H and O–H groups in total. The highest BCUT2D eigenvalue weighted by Gasteiger charge is 2.32. The molecule has 0 aromatic heterocycles. The molecule has 1 fully saturated rings. The Hall–Kier alpha value is -0.570. The van der Waals surface area contributed by atoms with Gasteiger partial charge in [-0.3, -0.25) is 0 Å². The van der Waals surface area contributed by atoms with Crippen molar-refractivity contribution in [2.75, 3.05) is 20.3 Å². The van der Waals surface area contributed by atoms with E-state index in [4.69, 9.17) is 4.74 Å². The van der Waals surface area contributed by atoms with E-state index < -0.39 is 0 Å². The summed E-state index contributed by atoms with van der Waals surface area (Å²) in [7, 11) is 1.76. The van der Waals surface area contributed by atoms with E-state index in [1.54, 1.807) is 7.11 Å². The van der Waals surface area contributed by atoms with Crippen LogP contribution in [0.5, 0.6) is 0 Å². The highest BCUT2D eigenvalue weighted by Crippen LogP contribution is 2.36. The Balaban J connectivity index is 0.00000162. The number of methoxy groups -OCH3 is 1. The Labute approximate surface area is 117 Å². The first-order valence-corrected chi connectivity index (χ1v) is 6.67. The highest BCUT2D eigenvalue weighted by molar-refractivity contribution is 5.85. The molecule has 0 heterocycles. The zero-order chi connectivity index (χ0) is 12.0.